The van der Waals surface area contributed by atoms with Crippen LogP contribution in [0.4, 0.5) is 16.2 Å². The third-order valence-electron chi connectivity index (χ3n) is 8.53. The van der Waals surface area contributed by atoms with Crippen molar-refractivity contribution in [1.82, 2.24) is 9.80 Å². The van der Waals surface area contributed by atoms with E-state index in [-0.39, 0.29) is 17.9 Å². The van der Waals surface area contributed by atoms with Crippen LogP contribution in [0.1, 0.15) is 62.1 Å². The number of carbonyl (C=O) groups excluding carboxylic acids is 2. The first-order valence-corrected chi connectivity index (χ1v) is 15.0. The fourth-order valence-corrected chi connectivity index (χ4v) is 6.06. The van der Waals surface area contributed by atoms with E-state index in [9.17, 15) is 9.59 Å². The Hall–Kier alpha value is -3.06. The van der Waals surface area contributed by atoms with Crippen LogP contribution in [0.3, 0.4) is 0 Å². The van der Waals surface area contributed by atoms with Gasteiger partial charge in [0.2, 0.25) is 5.91 Å². The van der Waals surface area contributed by atoms with Crippen molar-refractivity contribution in [3.63, 3.8) is 0 Å². The second-order valence-corrected chi connectivity index (χ2v) is 12.1. The first-order valence-electron chi connectivity index (χ1n) is 15.0. The van der Waals surface area contributed by atoms with Crippen LogP contribution in [0.2, 0.25) is 0 Å². The molecule has 2 aromatic rings. The summed E-state index contributed by atoms with van der Waals surface area (Å²) in [7, 11) is 5.29. The Morgan fingerprint density at radius 2 is 1.80 bits per heavy atom. The van der Waals surface area contributed by atoms with Gasteiger partial charge in [0.1, 0.15) is 0 Å². The van der Waals surface area contributed by atoms with E-state index in [2.05, 4.69) is 60.5 Å². The highest BCUT2D eigenvalue weighted by Gasteiger charge is 2.29. The molecule has 1 saturated carbocycles. The SMILES string of the molecule is Cc1cc(N(C)C(=O)C2CCC(Nc3cccc(CCOC(=O)N(C)C)c3)CC2)ccc1CN1CCC[C@@H](C)C1. The molecule has 1 N–H and O–H groups in total. The van der Waals surface area contributed by atoms with Gasteiger partial charge in [0, 0.05) is 64.0 Å². The normalized spacial score (nSPS) is 21.5. The number of carbonyl (C=O) groups is 2. The van der Waals surface area contributed by atoms with Gasteiger partial charge in [0.15, 0.2) is 0 Å². The predicted molar refractivity (Wildman–Crippen MR) is 163 cm³/mol. The Kier molecular flexibility index (Phi) is 10.5. The summed E-state index contributed by atoms with van der Waals surface area (Å²) in [5.41, 5.74) is 5.84. The lowest BCUT2D eigenvalue weighted by Crippen LogP contribution is -2.37. The smallest absolute Gasteiger partial charge is 0.409 e. The molecule has 2 fully saturated rings. The number of hydrogen-bond donors (Lipinski definition) is 1. The minimum absolute atomic E-state index is 0.0654. The molecule has 0 bridgehead atoms. The van der Waals surface area contributed by atoms with Crippen LogP contribution in [0.15, 0.2) is 42.5 Å². The monoisotopic (exact) mass is 548 g/mol. The Morgan fingerprint density at radius 1 is 1.02 bits per heavy atom. The van der Waals surface area contributed by atoms with Gasteiger partial charge in [-0.2, -0.15) is 0 Å². The molecule has 40 heavy (non-hydrogen) atoms. The number of piperidine rings is 1. The van der Waals surface area contributed by atoms with Gasteiger partial charge in [-0.25, -0.2) is 4.79 Å². The lowest BCUT2D eigenvalue weighted by Gasteiger charge is -2.32. The Bertz CT molecular complexity index is 1140. The number of nitrogens with zero attached hydrogens (tertiary/aromatic N) is 3. The summed E-state index contributed by atoms with van der Waals surface area (Å²) in [6.45, 7) is 8.24. The molecule has 1 saturated heterocycles. The molecule has 1 heterocycles. The lowest BCUT2D eigenvalue weighted by atomic mass is 9.85. The van der Waals surface area contributed by atoms with Crippen molar-refractivity contribution in [3.8, 4) is 0 Å². The highest BCUT2D eigenvalue weighted by Crippen LogP contribution is 2.30. The van der Waals surface area contributed by atoms with Crippen molar-refractivity contribution in [2.24, 2.45) is 11.8 Å². The molecule has 1 aliphatic heterocycles. The molecule has 1 aliphatic carbocycles. The van der Waals surface area contributed by atoms with E-state index in [4.69, 9.17) is 4.74 Å². The molecule has 0 spiro atoms. The first-order chi connectivity index (χ1) is 19.2. The van der Waals surface area contributed by atoms with E-state index in [0.717, 1.165) is 55.1 Å². The molecular formula is C33H48N4O3. The second-order valence-electron chi connectivity index (χ2n) is 12.1. The van der Waals surface area contributed by atoms with Gasteiger partial charge in [-0.1, -0.05) is 25.1 Å². The number of hydrogen-bond acceptors (Lipinski definition) is 5. The molecule has 7 nitrogen and oxygen atoms in total. The van der Waals surface area contributed by atoms with Gasteiger partial charge in [-0.3, -0.25) is 9.69 Å². The molecular weight excluding hydrogens is 500 g/mol. The summed E-state index contributed by atoms with van der Waals surface area (Å²) >= 11 is 0. The van der Waals surface area contributed by atoms with Crippen molar-refractivity contribution in [2.45, 2.75) is 71.4 Å². The van der Waals surface area contributed by atoms with Gasteiger partial charge < -0.3 is 19.9 Å². The summed E-state index contributed by atoms with van der Waals surface area (Å²) in [5.74, 6) is 1.07. The summed E-state index contributed by atoms with van der Waals surface area (Å²) in [4.78, 5) is 30.9. The van der Waals surface area contributed by atoms with Crippen LogP contribution in [0, 0.1) is 18.8 Å². The van der Waals surface area contributed by atoms with Gasteiger partial charge in [0.25, 0.3) is 0 Å². The molecule has 2 amide bonds. The Labute approximate surface area is 240 Å². The zero-order chi connectivity index (χ0) is 28.6. The number of likely N-dealkylation sites (tertiary alicyclic amines) is 1. The second kappa shape index (κ2) is 14.0. The number of aryl methyl sites for hydroxylation is 1. The maximum Gasteiger partial charge on any atom is 0.409 e. The van der Waals surface area contributed by atoms with Crippen molar-refractivity contribution in [1.29, 1.82) is 0 Å². The van der Waals surface area contributed by atoms with E-state index in [1.165, 1.54) is 42.0 Å². The standard InChI is InChI=1S/C33H48N4O3/c1-24-8-7-18-37(22-24)23-28-13-16-31(20-25(28)2)36(5)32(38)27-11-14-29(15-12-27)34-30-10-6-9-26(21-30)17-19-40-33(39)35(3)4/h6,9-10,13,16,20-21,24,27,29,34H,7-8,11-12,14-15,17-19,22-23H2,1-5H3/t24-,27?,29?/m1/s1. The molecule has 2 aliphatic rings. The van der Waals surface area contributed by atoms with Crippen molar-refractivity contribution in [3.05, 3.63) is 59.2 Å². The van der Waals surface area contributed by atoms with Crippen LogP contribution in [0.5, 0.6) is 0 Å². The van der Waals surface area contributed by atoms with Crippen LogP contribution < -0.4 is 10.2 Å². The molecule has 2 aromatic carbocycles. The average Bonchev–Trinajstić information content (AvgIpc) is 2.94. The van der Waals surface area contributed by atoms with Gasteiger partial charge in [-0.05, 0) is 98.9 Å². The molecule has 1 atom stereocenters. The lowest BCUT2D eigenvalue weighted by molar-refractivity contribution is -0.123. The fourth-order valence-electron chi connectivity index (χ4n) is 6.06. The quantitative estimate of drug-likeness (QED) is 0.410. The van der Waals surface area contributed by atoms with E-state index in [1.807, 2.05) is 18.0 Å². The van der Waals surface area contributed by atoms with Crippen molar-refractivity contribution < 1.29 is 14.3 Å². The van der Waals surface area contributed by atoms with Crippen LogP contribution in [-0.2, 0) is 22.5 Å². The number of rotatable bonds is 9. The van der Waals surface area contributed by atoms with Gasteiger partial charge in [0.05, 0.1) is 6.61 Å². The zero-order valence-corrected chi connectivity index (χ0v) is 25.1. The van der Waals surface area contributed by atoms with E-state index in [1.54, 1.807) is 14.1 Å². The summed E-state index contributed by atoms with van der Waals surface area (Å²) in [5, 5.41) is 3.66. The third-order valence-corrected chi connectivity index (χ3v) is 8.53. The summed E-state index contributed by atoms with van der Waals surface area (Å²) < 4.78 is 5.26. The molecule has 0 unspecified atom stereocenters. The maximum absolute atomic E-state index is 13.4. The molecule has 7 heteroatoms. The van der Waals surface area contributed by atoms with E-state index < -0.39 is 0 Å². The largest absolute Gasteiger partial charge is 0.449 e. The number of benzene rings is 2. The minimum Gasteiger partial charge on any atom is -0.449 e. The van der Waals surface area contributed by atoms with E-state index >= 15 is 0 Å². The van der Waals surface area contributed by atoms with E-state index in [0.29, 0.717) is 19.1 Å². The first kappa shape index (κ1) is 29.9. The average molecular weight is 549 g/mol. The highest BCUT2D eigenvalue weighted by molar-refractivity contribution is 5.94. The van der Waals surface area contributed by atoms with Gasteiger partial charge >= 0.3 is 6.09 Å². The topological polar surface area (TPSA) is 65.1 Å². The molecule has 0 aromatic heterocycles. The van der Waals surface area contributed by atoms with Crippen LogP contribution >= 0.6 is 0 Å². The van der Waals surface area contributed by atoms with Crippen molar-refractivity contribution in [2.75, 3.05) is 51.1 Å². The minimum atomic E-state index is -0.319. The maximum atomic E-state index is 13.4. The molecule has 218 valence electrons. The predicted octanol–water partition coefficient (Wildman–Crippen LogP) is 6.10. The number of anilines is 2. The summed E-state index contributed by atoms with van der Waals surface area (Å²) in [6.07, 6.45) is 6.72. The Morgan fingerprint density at radius 3 is 2.50 bits per heavy atom. The number of ether oxygens (including phenoxy) is 1. The highest BCUT2D eigenvalue weighted by atomic mass is 16.6. The molecule has 4 rings (SSSR count). The van der Waals surface area contributed by atoms with Crippen LogP contribution in [0.25, 0.3) is 0 Å². The van der Waals surface area contributed by atoms with Crippen molar-refractivity contribution >= 4 is 23.4 Å². The number of nitrogens with one attached hydrogen (secondary N) is 1. The van der Waals surface area contributed by atoms with Gasteiger partial charge in [-0.15, -0.1) is 0 Å². The Balaban J connectivity index is 1.24. The molecule has 0 radical (unpaired) electrons. The number of amides is 2. The fraction of sp³-hybridized carbons (Fsp3) is 0.576. The summed E-state index contributed by atoms with van der Waals surface area (Å²) in [6, 6.07) is 15.2. The third kappa shape index (κ3) is 8.23. The zero-order valence-electron chi connectivity index (χ0n) is 25.1. The van der Waals surface area contributed by atoms with Crippen LogP contribution in [-0.4, -0.2) is 68.7 Å².